The van der Waals surface area contributed by atoms with Crippen molar-refractivity contribution in [2.24, 2.45) is 0 Å². The molecule has 0 unspecified atom stereocenters. The highest BCUT2D eigenvalue weighted by molar-refractivity contribution is 5.80. The van der Waals surface area contributed by atoms with Crippen molar-refractivity contribution in [1.29, 1.82) is 0 Å². The van der Waals surface area contributed by atoms with Crippen LogP contribution in [0, 0.1) is 0 Å². The molecule has 166 valence electrons. The number of para-hydroxylation sites is 1. The third kappa shape index (κ3) is 6.04. The van der Waals surface area contributed by atoms with Gasteiger partial charge in [0.15, 0.2) is 6.61 Å². The van der Waals surface area contributed by atoms with Crippen molar-refractivity contribution in [3.63, 3.8) is 0 Å². The highest BCUT2D eigenvalue weighted by Gasteiger charge is 2.22. The minimum Gasteiger partial charge on any atom is -0.456 e. The minimum atomic E-state index is -0.367. The number of esters is 1. The van der Waals surface area contributed by atoms with Gasteiger partial charge in [0.2, 0.25) is 0 Å². The molecule has 7 heteroatoms. The van der Waals surface area contributed by atoms with E-state index in [0.29, 0.717) is 19.5 Å². The fourth-order valence-electron chi connectivity index (χ4n) is 3.76. The fraction of sp³-hybridized carbons (Fsp3) is 0.320. The molecule has 0 spiro atoms. The topological polar surface area (TPSA) is 67.7 Å². The maximum atomic E-state index is 12.4. The highest BCUT2D eigenvalue weighted by atomic mass is 16.5. The Hall–Kier alpha value is -3.45. The molecule has 1 saturated heterocycles. The van der Waals surface area contributed by atoms with Crippen LogP contribution in [-0.2, 0) is 27.3 Å². The molecule has 0 N–H and O–H groups in total. The Morgan fingerprint density at radius 2 is 1.56 bits per heavy atom. The zero-order valence-electron chi connectivity index (χ0n) is 18.1. The normalized spacial score (nSPS) is 14.3. The van der Waals surface area contributed by atoms with E-state index in [1.807, 2.05) is 54.7 Å². The quantitative estimate of drug-likeness (QED) is 0.512. The van der Waals surface area contributed by atoms with Gasteiger partial charge in [0.1, 0.15) is 0 Å². The molecule has 0 aliphatic carbocycles. The second-order valence-corrected chi connectivity index (χ2v) is 7.93. The third-order valence-corrected chi connectivity index (χ3v) is 5.61. The number of piperazine rings is 1. The molecule has 7 nitrogen and oxygen atoms in total. The molecule has 0 atom stereocenters. The van der Waals surface area contributed by atoms with Crippen molar-refractivity contribution in [2.45, 2.75) is 19.4 Å². The first kappa shape index (κ1) is 21.8. The molecule has 1 amide bonds. The van der Waals surface area contributed by atoms with E-state index in [1.54, 1.807) is 15.8 Å². The van der Waals surface area contributed by atoms with Crippen LogP contribution < -0.4 is 0 Å². The Kier molecular flexibility index (Phi) is 7.30. The number of aryl methyl sites for hydroxylation is 1. The lowest BCUT2D eigenvalue weighted by atomic mass is 10.2. The van der Waals surface area contributed by atoms with Gasteiger partial charge in [-0.15, -0.1) is 0 Å². The number of hydrogen-bond acceptors (Lipinski definition) is 5. The van der Waals surface area contributed by atoms with Crippen molar-refractivity contribution in [1.82, 2.24) is 19.6 Å². The van der Waals surface area contributed by atoms with Crippen molar-refractivity contribution in [2.75, 3.05) is 32.8 Å². The first-order valence-corrected chi connectivity index (χ1v) is 11.0. The maximum Gasteiger partial charge on any atom is 0.306 e. The molecule has 1 aromatic heterocycles. The average Bonchev–Trinajstić information content (AvgIpc) is 3.32. The van der Waals surface area contributed by atoms with Crippen LogP contribution in [0.15, 0.2) is 73.1 Å². The van der Waals surface area contributed by atoms with Gasteiger partial charge in [-0.05, 0) is 29.7 Å². The smallest absolute Gasteiger partial charge is 0.306 e. The number of nitrogens with zero attached hydrogens (tertiary/aromatic N) is 4. The second kappa shape index (κ2) is 10.7. The fourth-order valence-corrected chi connectivity index (χ4v) is 3.76. The average molecular weight is 433 g/mol. The molecule has 3 aromatic rings. The second-order valence-electron chi connectivity index (χ2n) is 7.93. The van der Waals surface area contributed by atoms with Crippen molar-refractivity contribution in [3.8, 4) is 5.69 Å². The molecule has 0 bridgehead atoms. The Morgan fingerprint density at radius 1 is 0.875 bits per heavy atom. The Bertz CT molecular complexity index is 1010. The Labute approximate surface area is 188 Å². The van der Waals surface area contributed by atoms with E-state index < -0.39 is 0 Å². The lowest BCUT2D eigenvalue weighted by Crippen LogP contribution is -2.49. The summed E-state index contributed by atoms with van der Waals surface area (Å²) in [5.74, 6) is -0.497. The standard InChI is InChI=1S/C25H28N4O3/c30-24(28-15-13-27(14-16-28)18-21-7-3-1-4-8-21)20-32-25(31)12-11-22-17-26-29(19-22)23-9-5-2-6-10-23/h1-10,17,19H,11-16,18,20H2. The first-order valence-electron chi connectivity index (χ1n) is 11.0. The number of hydrogen-bond donors (Lipinski definition) is 0. The van der Waals surface area contributed by atoms with Crippen LogP contribution in [0.4, 0.5) is 0 Å². The first-order chi connectivity index (χ1) is 15.7. The molecular weight excluding hydrogens is 404 g/mol. The molecule has 1 aliphatic heterocycles. The van der Waals surface area contributed by atoms with Crippen molar-refractivity contribution < 1.29 is 14.3 Å². The molecule has 0 saturated carbocycles. The van der Waals surface area contributed by atoms with E-state index in [9.17, 15) is 9.59 Å². The van der Waals surface area contributed by atoms with Crippen LogP contribution in [0.1, 0.15) is 17.5 Å². The Balaban J connectivity index is 1.15. The summed E-state index contributed by atoms with van der Waals surface area (Å²) < 4.78 is 7.00. The van der Waals surface area contributed by atoms with Crippen LogP contribution in [-0.4, -0.2) is 64.2 Å². The summed E-state index contributed by atoms with van der Waals surface area (Å²) in [5.41, 5.74) is 3.19. The molecule has 2 heterocycles. The van der Waals surface area contributed by atoms with Gasteiger partial charge in [0, 0.05) is 45.3 Å². The predicted molar refractivity (Wildman–Crippen MR) is 121 cm³/mol. The summed E-state index contributed by atoms with van der Waals surface area (Å²) in [4.78, 5) is 28.6. The molecule has 1 aliphatic rings. The number of ether oxygens (including phenoxy) is 1. The SMILES string of the molecule is O=C(CCc1cnn(-c2ccccc2)c1)OCC(=O)N1CCN(Cc2ccccc2)CC1. The van der Waals surface area contributed by atoms with Gasteiger partial charge in [-0.2, -0.15) is 5.10 Å². The number of amides is 1. The van der Waals surface area contributed by atoms with E-state index in [1.165, 1.54) is 5.56 Å². The molecular formula is C25H28N4O3. The van der Waals surface area contributed by atoms with Gasteiger partial charge in [0.25, 0.3) is 5.91 Å². The third-order valence-electron chi connectivity index (χ3n) is 5.61. The zero-order valence-corrected chi connectivity index (χ0v) is 18.1. The van der Waals surface area contributed by atoms with Crippen LogP contribution in [0.5, 0.6) is 0 Å². The van der Waals surface area contributed by atoms with Gasteiger partial charge in [-0.1, -0.05) is 48.5 Å². The molecule has 4 rings (SSSR count). The molecule has 2 aromatic carbocycles. The summed E-state index contributed by atoms with van der Waals surface area (Å²) in [6.45, 7) is 3.64. The van der Waals surface area contributed by atoms with Crippen LogP contribution >= 0.6 is 0 Å². The summed E-state index contributed by atoms with van der Waals surface area (Å²) in [6.07, 6.45) is 4.40. The lowest BCUT2D eigenvalue weighted by molar-refractivity contribution is -0.152. The maximum absolute atomic E-state index is 12.4. The van der Waals surface area contributed by atoms with E-state index >= 15 is 0 Å². The summed E-state index contributed by atoms with van der Waals surface area (Å²) in [6, 6.07) is 20.1. The van der Waals surface area contributed by atoms with E-state index in [-0.39, 0.29) is 24.9 Å². The summed E-state index contributed by atoms with van der Waals surface area (Å²) in [5, 5.41) is 4.33. The number of benzene rings is 2. The Morgan fingerprint density at radius 3 is 2.28 bits per heavy atom. The van der Waals surface area contributed by atoms with Gasteiger partial charge in [-0.25, -0.2) is 4.68 Å². The summed E-state index contributed by atoms with van der Waals surface area (Å²) >= 11 is 0. The van der Waals surface area contributed by atoms with E-state index in [2.05, 4.69) is 22.1 Å². The van der Waals surface area contributed by atoms with Crippen LogP contribution in [0.25, 0.3) is 5.69 Å². The largest absolute Gasteiger partial charge is 0.456 e. The molecule has 32 heavy (non-hydrogen) atoms. The van der Waals surface area contributed by atoms with Gasteiger partial charge >= 0.3 is 5.97 Å². The van der Waals surface area contributed by atoms with E-state index in [0.717, 1.165) is 30.9 Å². The zero-order chi connectivity index (χ0) is 22.2. The number of rotatable bonds is 8. The van der Waals surface area contributed by atoms with Gasteiger partial charge < -0.3 is 9.64 Å². The summed E-state index contributed by atoms with van der Waals surface area (Å²) in [7, 11) is 0. The van der Waals surface area contributed by atoms with Gasteiger partial charge in [0.05, 0.1) is 11.9 Å². The van der Waals surface area contributed by atoms with Crippen LogP contribution in [0.2, 0.25) is 0 Å². The number of carbonyl (C=O) groups excluding carboxylic acids is 2. The van der Waals surface area contributed by atoms with Gasteiger partial charge in [-0.3, -0.25) is 14.5 Å². The lowest BCUT2D eigenvalue weighted by Gasteiger charge is -2.34. The molecule has 0 radical (unpaired) electrons. The van der Waals surface area contributed by atoms with Crippen molar-refractivity contribution >= 4 is 11.9 Å². The molecule has 1 fully saturated rings. The predicted octanol–water partition coefficient (Wildman–Crippen LogP) is 2.69. The minimum absolute atomic E-state index is 0.130. The monoisotopic (exact) mass is 432 g/mol. The van der Waals surface area contributed by atoms with E-state index in [4.69, 9.17) is 4.74 Å². The van der Waals surface area contributed by atoms with Crippen LogP contribution in [0.3, 0.4) is 0 Å². The highest BCUT2D eigenvalue weighted by Crippen LogP contribution is 2.11. The number of aromatic nitrogens is 2. The number of carbonyl (C=O) groups is 2. The van der Waals surface area contributed by atoms with Crippen molar-refractivity contribution in [3.05, 3.63) is 84.2 Å².